The SMILES string of the molecule is CCc1c(S)ccc2c3c(ccc12)C1(c2ccccc2Sc2ccccc21)c1ccc2c(C)c(S)ccc2c1S3. The Hall–Kier alpha value is -2.76. The van der Waals surface area contributed by atoms with Gasteiger partial charge >= 0.3 is 0 Å². The highest BCUT2D eigenvalue weighted by Gasteiger charge is 2.49. The Labute approximate surface area is 254 Å². The second-order valence-electron chi connectivity index (χ2n) is 10.6. The van der Waals surface area contributed by atoms with E-state index in [0.717, 1.165) is 16.2 Å². The van der Waals surface area contributed by atoms with Gasteiger partial charge in [-0.25, -0.2) is 0 Å². The molecule has 0 saturated heterocycles. The van der Waals surface area contributed by atoms with Crippen molar-refractivity contribution in [2.75, 3.05) is 0 Å². The van der Waals surface area contributed by atoms with E-state index in [1.54, 1.807) is 0 Å². The van der Waals surface area contributed by atoms with Crippen molar-refractivity contribution in [3.63, 3.8) is 0 Å². The maximum Gasteiger partial charge on any atom is 0.0745 e. The van der Waals surface area contributed by atoms with Crippen molar-refractivity contribution >= 4 is 70.3 Å². The smallest absolute Gasteiger partial charge is 0.0745 e. The number of hydrogen-bond donors (Lipinski definition) is 2. The van der Waals surface area contributed by atoms with Gasteiger partial charge in [-0.3, -0.25) is 0 Å². The van der Waals surface area contributed by atoms with Crippen LogP contribution in [0.25, 0.3) is 21.5 Å². The summed E-state index contributed by atoms with van der Waals surface area (Å²) >= 11 is 13.5. The average Bonchev–Trinajstić information content (AvgIpc) is 2.98. The molecule has 2 aliphatic rings. The van der Waals surface area contributed by atoms with Crippen LogP contribution in [0.4, 0.5) is 0 Å². The zero-order valence-corrected chi connectivity index (χ0v) is 25.6. The van der Waals surface area contributed by atoms with E-state index in [9.17, 15) is 0 Å². The van der Waals surface area contributed by atoms with E-state index in [1.807, 2.05) is 23.5 Å². The van der Waals surface area contributed by atoms with Gasteiger partial charge < -0.3 is 0 Å². The van der Waals surface area contributed by atoms with Gasteiger partial charge in [0.1, 0.15) is 0 Å². The molecular weight excluding hydrogens is 561 g/mol. The lowest BCUT2D eigenvalue weighted by Gasteiger charge is -2.46. The zero-order chi connectivity index (χ0) is 27.2. The van der Waals surface area contributed by atoms with Crippen molar-refractivity contribution in [2.24, 2.45) is 0 Å². The Morgan fingerprint density at radius 3 is 1.70 bits per heavy atom. The fourth-order valence-electron chi connectivity index (χ4n) is 6.95. The molecule has 1 spiro atoms. The van der Waals surface area contributed by atoms with E-state index < -0.39 is 5.41 Å². The molecule has 2 aliphatic heterocycles. The summed E-state index contributed by atoms with van der Waals surface area (Å²) in [6, 6.07) is 36.5. The van der Waals surface area contributed by atoms with E-state index in [-0.39, 0.29) is 0 Å². The Morgan fingerprint density at radius 2 is 1.07 bits per heavy atom. The number of thiol groups is 2. The number of benzene rings is 6. The average molecular weight is 587 g/mol. The fraction of sp³-hybridized carbons (Fsp3) is 0.111. The van der Waals surface area contributed by atoms with Gasteiger partial charge in [0.15, 0.2) is 0 Å². The molecular formula is C36H26S4. The summed E-state index contributed by atoms with van der Waals surface area (Å²) in [5, 5.41) is 5.20. The maximum absolute atomic E-state index is 4.85. The normalized spacial score (nSPS) is 14.6. The molecule has 0 amide bonds. The monoisotopic (exact) mass is 586 g/mol. The van der Waals surface area contributed by atoms with E-state index in [1.165, 1.54) is 74.5 Å². The summed E-state index contributed by atoms with van der Waals surface area (Å²) in [7, 11) is 0. The maximum atomic E-state index is 4.85. The van der Waals surface area contributed by atoms with Crippen molar-refractivity contribution in [3.8, 4) is 0 Å². The quantitative estimate of drug-likeness (QED) is 0.184. The van der Waals surface area contributed by atoms with Crippen LogP contribution in [0.5, 0.6) is 0 Å². The number of fused-ring (bicyclic) bond motifs is 12. The Bertz CT molecular complexity index is 1990. The highest BCUT2D eigenvalue weighted by Crippen LogP contribution is 2.63. The first-order valence-corrected chi connectivity index (χ1v) is 16.1. The third-order valence-corrected chi connectivity index (χ3v) is 12.1. The van der Waals surface area contributed by atoms with Crippen LogP contribution < -0.4 is 0 Å². The predicted octanol–water partition coefficient (Wildman–Crippen LogP) is 10.8. The molecule has 40 heavy (non-hydrogen) atoms. The first-order chi connectivity index (χ1) is 19.5. The third-order valence-electron chi connectivity index (χ3n) is 8.80. The first kappa shape index (κ1) is 25.0. The predicted molar refractivity (Wildman–Crippen MR) is 177 cm³/mol. The Kier molecular flexibility index (Phi) is 5.70. The summed E-state index contributed by atoms with van der Waals surface area (Å²) in [6.45, 7) is 4.42. The lowest BCUT2D eigenvalue weighted by atomic mass is 9.64. The second kappa shape index (κ2) is 9.12. The van der Waals surface area contributed by atoms with Crippen LogP contribution in [0.3, 0.4) is 0 Å². The summed E-state index contributed by atoms with van der Waals surface area (Å²) in [6.07, 6.45) is 0.955. The van der Waals surface area contributed by atoms with Gasteiger partial charge in [0, 0.05) is 29.4 Å². The van der Waals surface area contributed by atoms with Gasteiger partial charge in [-0.2, -0.15) is 0 Å². The van der Waals surface area contributed by atoms with Crippen LogP contribution >= 0.6 is 48.8 Å². The van der Waals surface area contributed by atoms with Crippen molar-refractivity contribution in [2.45, 2.75) is 55.1 Å². The molecule has 0 aromatic heterocycles. The van der Waals surface area contributed by atoms with Gasteiger partial charge in [-0.1, -0.05) is 103 Å². The topological polar surface area (TPSA) is 0 Å². The molecule has 0 atom stereocenters. The van der Waals surface area contributed by atoms with E-state index in [0.29, 0.717) is 0 Å². The van der Waals surface area contributed by atoms with Gasteiger partial charge in [-0.15, -0.1) is 25.3 Å². The molecule has 6 aromatic rings. The van der Waals surface area contributed by atoms with Crippen molar-refractivity contribution in [1.82, 2.24) is 0 Å². The number of rotatable bonds is 1. The Morgan fingerprint density at radius 1 is 0.550 bits per heavy atom. The minimum atomic E-state index is -0.420. The molecule has 0 aliphatic carbocycles. The van der Waals surface area contributed by atoms with Crippen LogP contribution in [-0.2, 0) is 11.8 Å². The molecule has 2 heterocycles. The third kappa shape index (κ3) is 3.22. The van der Waals surface area contributed by atoms with Gasteiger partial charge in [0.05, 0.1) is 5.41 Å². The van der Waals surface area contributed by atoms with E-state index in [4.69, 9.17) is 25.3 Å². The minimum Gasteiger partial charge on any atom is -0.143 e. The van der Waals surface area contributed by atoms with Crippen molar-refractivity contribution < 1.29 is 0 Å². The summed E-state index contributed by atoms with van der Waals surface area (Å²) < 4.78 is 0. The fourth-order valence-corrected chi connectivity index (χ4v) is 10.1. The van der Waals surface area contributed by atoms with Gasteiger partial charge in [0.25, 0.3) is 0 Å². The van der Waals surface area contributed by atoms with Crippen molar-refractivity contribution in [3.05, 3.63) is 130 Å². The van der Waals surface area contributed by atoms with E-state index in [2.05, 4.69) is 111 Å². The second-order valence-corrected chi connectivity index (χ2v) is 13.7. The number of hydrogen-bond acceptors (Lipinski definition) is 4. The molecule has 0 radical (unpaired) electrons. The highest BCUT2D eigenvalue weighted by atomic mass is 32.2. The molecule has 0 unspecified atom stereocenters. The van der Waals surface area contributed by atoms with Crippen LogP contribution in [0.1, 0.15) is 40.3 Å². The van der Waals surface area contributed by atoms with E-state index >= 15 is 0 Å². The Balaban J connectivity index is 1.61. The highest BCUT2D eigenvalue weighted by molar-refractivity contribution is 8.00. The molecule has 4 heteroatoms. The van der Waals surface area contributed by atoms with Gasteiger partial charge in [-0.05, 0) is 92.5 Å². The lowest BCUT2D eigenvalue weighted by Crippen LogP contribution is -2.36. The molecule has 194 valence electrons. The lowest BCUT2D eigenvalue weighted by molar-refractivity contribution is 0.672. The first-order valence-electron chi connectivity index (χ1n) is 13.6. The van der Waals surface area contributed by atoms with Gasteiger partial charge in [0.2, 0.25) is 0 Å². The molecule has 0 nitrogen and oxygen atoms in total. The molecule has 6 aromatic carbocycles. The summed E-state index contributed by atoms with van der Waals surface area (Å²) in [5.74, 6) is 0. The summed E-state index contributed by atoms with van der Waals surface area (Å²) in [5.41, 5.74) is 7.59. The molecule has 8 rings (SSSR count). The van der Waals surface area contributed by atoms with Crippen LogP contribution in [0, 0.1) is 6.92 Å². The zero-order valence-electron chi connectivity index (χ0n) is 22.2. The van der Waals surface area contributed by atoms with Crippen molar-refractivity contribution in [1.29, 1.82) is 0 Å². The molecule has 0 bridgehead atoms. The number of aryl methyl sites for hydroxylation is 2. The molecule has 0 saturated carbocycles. The van der Waals surface area contributed by atoms with Crippen LogP contribution in [0.15, 0.2) is 126 Å². The molecule has 0 N–H and O–H groups in total. The summed E-state index contributed by atoms with van der Waals surface area (Å²) in [4.78, 5) is 7.45. The van der Waals surface area contributed by atoms with Crippen LogP contribution in [0.2, 0.25) is 0 Å². The standard InChI is InChI=1S/C36H26S4/c1-3-21-23-13-17-29-35(25(23)15-19-31(21)38)40-34-24-14-18-30(37)20(2)22(24)12-16-28(34)36(29)26-8-4-6-10-32(26)39-33-11-7-5-9-27(33)36/h4-19,37-38H,3H2,1-2H3. The largest absolute Gasteiger partial charge is 0.143 e. The molecule has 0 fully saturated rings. The minimum absolute atomic E-state index is 0.420. The van der Waals surface area contributed by atoms with Crippen LogP contribution in [-0.4, -0.2) is 0 Å².